The van der Waals surface area contributed by atoms with E-state index in [9.17, 15) is 9.18 Å². The minimum absolute atomic E-state index is 0.0773. The molecule has 1 aromatic carbocycles. The fraction of sp³-hybridized carbons (Fsp3) is 0.176. The average molecular weight is 316 g/mol. The lowest BCUT2D eigenvalue weighted by Gasteiger charge is -2.08. The molecule has 1 aromatic heterocycles. The van der Waals surface area contributed by atoms with Gasteiger partial charge in [-0.2, -0.15) is 0 Å². The number of amides is 1. The first-order valence-electron chi connectivity index (χ1n) is 7.05. The Morgan fingerprint density at radius 3 is 2.96 bits per heavy atom. The summed E-state index contributed by atoms with van der Waals surface area (Å²) in [6.45, 7) is 1.53. The molecule has 1 amide bonds. The molecule has 0 radical (unpaired) electrons. The zero-order chi connectivity index (χ0) is 16.7. The molecule has 1 unspecified atom stereocenters. The molecule has 0 fully saturated rings. The standard InChI is InChI=1S/C17H17FN2O3/c1-12(11-21)20-17(22)7-5-13-4-6-16(15(18)9-13)23-14-3-2-8-19-10-14/h2-10,12,21H,11H2,1H3,(H,20,22)/b7-5+. The molecule has 2 aromatic rings. The summed E-state index contributed by atoms with van der Waals surface area (Å²) in [6, 6.07) is 7.41. The van der Waals surface area contributed by atoms with Crippen LogP contribution in [-0.2, 0) is 4.79 Å². The van der Waals surface area contributed by atoms with Gasteiger partial charge in [0.25, 0.3) is 0 Å². The van der Waals surface area contributed by atoms with Gasteiger partial charge in [0.1, 0.15) is 5.75 Å². The summed E-state index contributed by atoms with van der Waals surface area (Å²) >= 11 is 0. The van der Waals surface area contributed by atoms with Crippen molar-refractivity contribution in [2.75, 3.05) is 6.61 Å². The third-order valence-electron chi connectivity index (χ3n) is 2.91. The number of ether oxygens (including phenoxy) is 1. The normalized spacial score (nSPS) is 12.1. The van der Waals surface area contributed by atoms with Crippen LogP contribution in [0.15, 0.2) is 48.8 Å². The summed E-state index contributed by atoms with van der Waals surface area (Å²) in [4.78, 5) is 15.4. The number of nitrogens with one attached hydrogen (secondary N) is 1. The third-order valence-corrected chi connectivity index (χ3v) is 2.91. The molecule has 5 nitrogen and oxygen atoms in total. The quantitative estimate of drug-likeness (QED) is 0.803. The maximum Gasteiger partial charge on any atom is 0.244 e. The molecule has 120 valence electrons. The number of aliphatic hydroxyl groups is 1. The van der Waals surface area contributed by atoms with Crippen molar-refractivity contribution in [3.8, 4) is 11.5 Å². The Morgan fingerprint density at radius 2 is 2.30 bits per heavy atom. The van der Waals surface area contributed by atoms with Crippen LogP contribution in [0.1, 0.15) is 12.5 Å². The van der Waals surface area contributed by atoms with Gasteiger partial charge in [0.2, 0.25) is 5.91 Å². The van der Waals surface area contributed by atoms with Gasteiger partial charge in [0, 0.05) is 18.3 Å². The summed E-state index contributed by atoms with van der Waals surface area (Å²) in [5.74, 6) is -0.386. The smallest absolute Gasteiger partial charge is 0.244 e. The first kappa shape index (κ1) is 16.6. The number of halogens is 1. The Hall–Kier alpha value is -2.73. The Morgan fingerprint density at radius 1 is 1.48 bits per heavy atom. The van der Waals surface area contributed by atoms with Crippen LogP contribution in [-0.4, -0.2) is 28.6 Å². The highest BCUT2D eigenvalue weighted by atomic mass is 19.1. The number of benzene rings is 1. The molecule has 6 heteroatoms. The van der Waals surface area contributed by atoms with Crippen molar-refractivity contribution in [3.63, 3.8) is 0 Å². The van der Waals surface area contributed by atoms with Gasteiger partial charge in [-0.15, -0.1) is 0 Å². The SMILES string of the molecule is CC(CO)NC(=O)/C=C/c1ccc(Oc2cccnc2)c(F)c1. The molecule has 0 spiro atoms. The zero-order valence-corrected chi connectivity index (χ0v) is 12.6. The number of carbonyl (C=O) groups is 1. The van der Waals surface area contributed by atoms with Gasteiger partial charge in [-0.1, -0.05) is 6.07 Å². The molecule has 1 heterocycles. The van der Waals surface area contributed by atoms with Gasteiger partial charge in [0.05, 0.1) is 12.8 Å². The van der Waals surface area contributed by atoms with Gasteiger partial charge in [0.15, 0.2) is 11.6 Å². The Labute approximate surface area is 133 Å². The molecule has 0 aliphatic rings. The minimum atomic E-state index is -0.542. The fourth-order valence-corrected chi connectivity index (χ4v) is 1.75. The second-order valence-electron chi connectivity index (χ2n) is 4.91. The van der Waals surface area contributed by atoms with Crippen LogP contribution in [0.2, 0.25) is 0 Å². The van der Waals surface area contributed by atoms with Gasteiger partial charge in [-0.05, 0) is 42.8 Å². The van der Waals surface area contributed by atoms with Crippen molar-refractivity contribution in [2.24, 2.45) is 0 Å². The lowest BCUT2D eigenvalue weighted by Crippen LogP contribution is -2.33. The summed E-state index contributed by atoms with van der Waals surface area (Å²) in [5, 5.41) is 11.4. The molecule has 2 rings (SSSR count). The molecule has 0 aliphatic heterocycles. The monoisotopic (exact) mass is 316 g/mol. The van der Waals surface area contributed by atoms with E-state index in [1.54, 1.807) is 31.3 Å². The van der Waals surface area contributed by atoms with E-state index in [2.05, 4.69) is 10.3 Å². The van der Waals surface area contributed by atoms with E-state index < -0.39 is 5.82 Å². The van der Waals surface area contributed by atoms with Crippen LogP contribution < -0.4 is 10.1 Å². The molecule has 2 N–H and O–H groups in total. The molecule has 0 saturated carbocycles. The number of hydrogen-bond donors (Lipinski definition) is 2. The Kier molecular flexibility index (Phi) is 5.82. The van der Waals surface area contributed by atoms with Crippen LogP contribution in [0.25, 0.3) is 6.08 Å². The topological polar surface area (TPSA) is 71.5 Å². The maximum absolute atomic E-state index is 14.0. The van der Waals surface area contributed by atoms with E-state index in [4.69, 9.17) is 9.84 Å². The van der Waals surface area contributed by atoms with Crippen molar-refractivity contribution in [1.82, 2.24) is 10.3 Å². The van der Waals surface area contributed by atoms with E-state index in [0.29, 0.717) is 11.3 Å². The minimum Gasteiger partial charge on any atom is -0.453 e. The van der Waals surface area contributed by atoms with E-state index in [1.165, 1.54) is 30.5 Å². The van der Waals surface area contributed by atoms with Crippen molar-refractivity contribution in [2.45, 2.75) is 13.0 Å². The second kappa shape index (κ2) is 8.05. The van der Waals surface area contributed by atoms with Gasteiger partial charge in [-0.25, -0.2) is 4.39 Å². The number of rotatable bonds is 6. The number of pyridine rings is 1. The average Bonchev–Trinajstić information content (AvgIpc) is 2.56. The highest BCUT2D eigenvalue weighted by Crippen LogP contribution is 2.24. The van der Waals surface area contributed by atoms with E-state index >= 15 is 0 Å². The van der Waals surface area contributed by atoms with Gasteiger partial charge < -0.3 is 15.2 Å². The van der Waals surface area contributed by atoms with Crippen LogP contribution in [0.4, 0.5) is 4.39 Å². The lowest BCUT2D eigenvalue weighted by atomic mass is 10.2. The van der Waals surface area contributed by atoms with Crippen LogP contribution >= 0.6 is 0 Å². The van der Waals surface area contributed by atoms with Crippen molar-refractivity contribution in [3.05, 3.63) is 60.2 Å². The fourth-order valence-electron chi connectivity index (χ4n) is 1.75. The van der Waals surface area contributed by atoms with Crippen molar-refractivity contribution < 1.29 is 19.0 Å². The second-order valence-corrected chi connectivity index (χ2v) is 4.91. The lowest BCUT2D eigenvalue weighted by molar-refractivity contribution is -0.117. The molecule has 23 heavy (non-hydrogen) atoms. The first-order chi connectivity index (χ1) is 11.1. The number of aliphatic hydroxyl groups excluding tert-OH is 1. The number of carbonyl (C=O) groups excluding carboxylic acids is 1. The van der Waals surface area contributed by atoms with Crippen molar-refractivity contribution >= 4 is 12.0 Å². The molecule has 0 saturated heterocycles. The van der Waals surface area contributed by atoms with E-state index in [1.807, 2.05) is 0 Å². The molecular weight excluding hydrogens is 299 g/mol. The molecule has 0 aliphatic carbocycles. The first-order valence-corrected chi connectivity index (χ1v) is 7.05. The van der Waals surface area contributed by atoms with Crippen LogP contribution in [0.5, 0.6) is 11.5 Å². The van der Waals surface area contributed by atoms with Crippen LogP contribution in [0.3, 0.4) is 0 Å². The number of hydrogen-bond acceptors (Lipinski definition) is 4. The Balaban J connectivity index is 2.03. The summed E-state index contributed by atoms with van der Waals surface area (Å²) in [6.07, 6.45) is 5.85. The highest BCUT2D eigenvalue weighted by Gasteiger charge is 2.06. The Bertz CT molecular complexity index is 689. The van der Waals surface area contributed by atoms with Gasteiger partial charge >= 0.3 is 0 Å². The summed E-state index contributed by atoms with van der Waals surface area (Å²) in [5.41, 5.74) is 0.521. The molecular formula is C17H17FN2O3. The van der Waals surface area contributed by atoms with Crippen LogP contribution in [0, 0.1) is 5.82 Å². The molecule has 1 atom stereocenters. The maximum atomic E-state index is 14.0. The predicted octanol–water partition coefficient (Wildman–Crippen LogP) is 2.52. The summed E-state index contributed by atoms with van der Waals surface area (Å²) < 4.78 is 19.4. The molecule has 0 bridgehead atoms. The summed E-state index contributed by atoms with van der Waals surface area (Å²) in [7, 11) is 0. The zero-order valence-electron chi connectivity index (χ0n) is 12.6. The number of aromatic nitrogens is 1. The van der Waals surface area contributed by atoms with Gasteiger partial charge in [-0.3, -0.25) is 9.78 Å². The van der Waals surface area contributed by atoms with Crippen molar-refractivity contribution in [1.29, 1.82) is 0 Å². The van der Waals surface area contributed by atoms with E-state index in [0.717, 1.165) is 0 Å². The largest absolute Gasteiger partial charge is 0.453 e. The highest BCUT2D eigenvalue weighted by molar-refractivity contribution is 5.91. The van der Waals surface area contributed by atoms with E-state index in [-0.39, 0.29) is 24.3 Å². The number of nitrogens with zero attached hydrogens (tertiary/aromatic N) is 1. The predicted molar refractivity (Wildman–Crippen MR) is 84.4 cm³/mol. The third kappa shape index (κ3) is 5.19.